The van der Waals surface area contributed by atoms with Gasteiger partial charge in [-0.2, -0.15) is 0 Å². The Morgan fingerprint density at radius 1 is 1.07 bits per heavy atom. The van der Waals surface area contributed by atoms with E-state index in [2.05, 4.69) is 5.32 Å². The van der Waals surface area contributed by atoms with Gasteiger partial charge in [-0.05, 0) is 37.5 Å². The van der Waals surface area contributed by atoms with Crippen molar-refractivity contribution in [1.29, 1.82) is 0 Å². The molecule has 0 heterocycles. The van der Waals surface area contributed by atoms with Crippen molar-refractivity contribution in [2.75, 3.05) is 6.54 Å². The number of hydrogen-bond donors (Lipinski definition) is 1. The minimum absolute atomic E-state index is 0.134. The summed E-state index contributed by atoms with van der Waals surface area (Å²) in [5, 5.41) is 3.87. The monoisotopic (exact) mass is 434 g/mol. The molecule has 0 saturated carbocycles. The third-order valence-electron chi connectivity index (χ3n) is 4.76. The van der Waals surface area contributed by atoms with Crippen molar-refractivity contribution < 1.29 is 9.59 Å². The van der Waals surface area contributed by atoms with E-state index in [1.807, 2.05) is 45.0 Å². The first-order chi connectivity index (χ1) is 13.9. The highest BCUT2D eigenvalue weighted by Gasteiger charge is 2.29. The quantitative estimate of drug-likeness (QED) is 0.590. The zero-order valence-corrected chi connectivity index (χ0v) is 18.7. The van der Waals surface area contributed by atoms with Crippen LogP contribution in [-0.4, -0.2) is 29.3 Å². The summed E-state index contributed by atoms with van der Waals surface area (Å²) in [4.78, 5) is 27.7. The van der Waals surface area contributed by atoms with Crippen LogP contribution in [0.15, 0.2) is 42.5 Å². The van der Waals surface area contributed by atoms with Gasteiger partial charge in [0.1, 0.15) is 6.04 Å². The van der Waals surface area contributed by atoms with Crippen molar-refractivity contribution in [2.45, 2.75) is 52.6 Å². The Bertz CT molecular complexity index is 834. The minimum Gasteiger partial charge on any atom is -0.354 e. The van der Waals surface area contributed by atoms with Crippen LogP contribution in [0.2, 0.25) is 10.0 Å². The van der Waals surface area contributed by atoms with Crippen LogP contribution in [0.1, 0.15) is 43.4 Å². The molecule has 0 aliphatic rings. The number of amides is 2. The van der Waals surface area contributed by atoms with Crippen LogP contribution >= 0.6 is 23.2 Å². The molecule has 29 heavy (non-hydrogen) atoms. The van der Waals surface area contributed by atoms with Crippen LogP contribution in [0.4, 0.5) is 0 Å². The van der Waals surface area contributed by atoms with E-state index in [1.54, 1.807) is 23.1 Å². The highest BCUT2D eigenvalue weighted by molar-refractivity contribution is 6.36. The highest BCUT2D eigenvalue weighted by Crippen LogP contribution is 2.27. The van der Waals surface area contributed by atoms with E-state index in [-0.39, 0.29) is 24.8 Å². The Labute approximate surface area is 183 Å². The topological polar surface area (TPSA) is 49.4 Å². The lowest BCUT2D eigenvalue weighted by Gasteiger charge is -2.31. The summed E-state index contributed by atoms with van der Waals surface area (Å²) in [5.74, 6) is -0.291. The summed E-state index contributed by atoms with van der Waals surface area (Å²) >= 11 is 12.7. The summed E-state index contributed by atoms with van der Waals surface area (Å²) in [6, 6.07) is 12.5. The van der Waals surface area contributed by atoms with E-state index in [0.29, 0.717) is 28.6 Å². The number of carbonyl (C=O) groups is 2. The molecule has 0 aliphatic heterocycles. The predicted molar refractivity (Wildman–Crippen MR) is 119 cm³/mol. The number of benzene rings is 2. The summed E-state index contributed by atoms with van der Waals surface area (Å²) < 4.78 is 0. The van der Waals surface area contributed by atoms with Crippen LogP contribution in [0.25, 0.3) is 0 Å². The maximum atomic E-state index is 13.3. The molecule has 2 aromatic carbocycles. The molecular weight excluding hydrogens is 407 g/mol. The van der Waals surface area contributed by atoms with Gasteiger partial charge in [0.2, 0.25) is 11.8 Å². The van der Waals surface area contributed by atoms with E-state index in [0.717, 1.165) is 17.5 Å². The highest BCUT2D eigenvalue weighted by atomic mass is 35.5. The lowest BCUT2D eigenvalue weighted by molar-refractivity contribution is -0.140. The summed E-state index contributed by atoms with van der Waals surface area (Å²) in [6.07, 6.45) is 1.54. The fraction of sp³-hybridized carbons (Fsp3) is 0.391. The number of carbonyl (C=O) groups excluding carboxylic acids is 2. The second-order valence-corrected chi connectivity index (χ2v) is 7.92. The van der Waals surface area contributed by atoms with Crippen molar-refractivity contribution in [3.63, 3.8) is 0 Å². The van der Waals surface area contributed by atoms with E-state index >= 15 is 0 Å². The van der Waals surface area contributed by atoms with Gasteiger partial charge in [0.05, 0.1) is 6.42 Å². The van der Waals surface area contributed by atoms with Crippen LogP contribution < -0.4 is 5.32 Å². The van der Waals surface area contributed by atoms with E-state index in [9.17, 15) is 9.59 Å². The van der Waals surface area contributed by atoms with Crippen molar-refractivity contribution in [2.24, 2.45) is 0 Å². The first-order valence-electron chi connectivity index (χ1n) is 9.92. The molecule has 2 rings (SSSR count). The van der Waals surface area contributed by atoms with Gasteiger partial charge in [-0.1, -0.05) is 72.9 Å². The molecule has 0 bridgehead atoms. The third-order valence-corrected chi connectivity index (χ3v) is 5.47. The second kappa shape index (κ2) is 11.2. The Morgan fingerprint density at radius 2 is 1.72 bits per heavy atom. The molecule has 156 valence electrons. The Balaban J connectivity index is 2.35. The van der Waals surface area contributed by atoms with Gasteiger partial charge in [-0.25, -0.2) is 0 Å². The van der Waals surface area contributed by atoms with Crippen molar-refractivity contribution >= 4 is 35.0 Å². The van der Waals surface area contributed by atoms with Gasteiger partial charge in [0, 0.05) is 28.7 Å². The zero-order valence-electron chi connectivity index (χ0n) is 17.2. The summed E-state index contributed by atoms with van der Waals surface area (Å²) in [5.41, 5.74) is 2.65. The molecule has 0 unspecified atom stereocenters. The van der Waals surface area contributed by atoms with Gasteiger partial charge in [0.25, 0.3) is 0 Å². The number of aryl methyl sites for hydroxylation is 1. The summed E-state index contributed by atoms with van der Waals surface area (Å²) in [6.45, 7) is 6.63. The lowest BCUT2D eigenvalue weighted by atomic mass is 10.1. The van der Waals surface area contributed by atoms with Crippen molar-refractivity contribution in [3.05, 3.63) is 69.2 Å². The average molecular weight is 435 g/mol. The fourth-order valence-electron chi connectivity index (χ4n) is 3.24. The first kappa shape index (κ1) is 23.2. The Hall–Kier alpha value is -2.04. The maximum Gasteiger partial charge on any atom is 0.242 e. The molecule has 0 aromatic heterocycles. The molecule has 2 aromatic rings. The molecule has 4 nitrogen and oxygen atoms in total. The molecule has 0 spiro atoms. The van der Waals surface area contributed by atoms with Gasteiger partial charge >= 0.3 is 0 Å². The largest absolute Gasteiger partial charge is 0.354 e. The number of hydrogen-bond acceptors (Lipinski definition) is 2. The Morgan fingerprint density at radius 3 is 2.31 bits per heavy atom. The molecule has 0 aliphatic carbocycles. The molecule has 0 radical (unpaired) electrons. The zero-order chi connectivity index (χ0) is 21.4. The fourth-order valence-corrected chi connectivity index (χ4v) is 3.75. The van der Waals surface area contributed by atoms with Crippen LogP contribution in [-0.2, 0) is 22.6 Å². The first-order valence-corrected chi connectivity index (χ1v) is 10.7. The summed E-state index contributed by atoms with van der Waals surface area (Å²) in [7, 11) is 0. The average Bonchev–Trinajstić information content (AvgIpc) is 2.68. The van der Waals surface area contributed by atoms with Gasteiger partial charge in [-0.15, -0.1) is 0 Å². The van der Waals surface area contributed by atoms with Crippen molar-refractivity contribution in [1.82, 2.24) is 10.2 Å². The van der Waals surface area contributed by atoms with E-state index < -0.39 is 6.04 Å². The normalized spacial score (nSPS) is 11.8. The number of halogens is 2. The van der Waals surface area contributed by atoms with Gasteiger partial charge in [0.15, 0.2) is 0 Å². The molecule has 0 fully saturated rings. The van der Waals surface area contributed by atoms with Crippen LogP contribution in [0, 0.1) is 6.92 Å². The smallest absolute Gasteiger partial charge is 0.242 e. The van der Waals surface area contributed by atoms with Crippen LogP contribution in [0.3, 0.4) is 0 Å². The number of nitrogens with one attached hydrogen (secondary N) is 1. The molecular formula is C23H28Cl2N2O2. The third kappa shape index (κ3) is 6.48. The molecule has 1 atom stereocenters. The predicted octanol–water partition coefficient (Wildman–Crippen LogP) is 5.18. The van der Waals surface area contributed by atoms with Crippen molar-refractivity contribution in [3.8, 4) is 0 Å². The number of nitrogens with zero attached hydrogens (tertiary/aromatic N) is 1. The molecule has 0 saturated heterocycles. The Kier molecular flexibility index (Phi) is 8.99. The SMILES string of the molecule is CCCNC(=O)[C@@H](CC)N(Cc1c(Cl)cccc1Cl)C(=O)Cc1cccc(C)c1. The lowest BCUT2D eigenvalue weighted by Crippen LogP contribution is -2.49. The molecule has 6 heteroatoms. The van der Waals surface area contributed by atoms with Gasteiger partial charge < -0.3 is 10.2 Å². The second-order valence-electron chi connectivity index (χ2n) is 7.10. The molecule has 1 N–H and O–H groups in total. The number of rotatable bonds is 9. The van der Waals surface area contributed by atoms with E-state index in [1.165, 1.54) is 0 Å². The minimum atomic E-state index is -0.591. The standard InChI is InChI=1S/C23H28Cl2N2O2/c1-4-12-26-23(29)21(5-2)27(15-18-19(24)10-7-11-20(18)25)22(28)14-17-9-6-8-16(3)13-17/h6-11,13,21H,4-5,12,14-15H2,1-3H3,(H,26,29)/t21-/m1/s1. The van der Waals surface area contributed by atoms with Gasteiger partial charge in [-0.3, -0.25) is 9.59 Å². The van der Waals surface area contributed by atoms with Crippen LogP contribution in [0.5, 0.6) is 0 Å². The molecule has 2 amide bonds. The maximum absolute atomic E-state index is 13.3. The van der Waals surface area contributed by atoms with E-state index in [4.69, 9.17) is 23.2 Å².